The molecule has 0 fully saturated rings. The van der Waals surface area contributed by atoms with Crippen LogP contribution in [0.25, 0.3) is 0 Å². The van der Waals surface area contributed by atoms with Gasteiger partial charge in [0.1, 0.15) is 0 Å². The summed E-state index contributed by atoms with van der Waals surface area (Å²) in [7, 11) is -9.89. The molecular formula is C15H27FO7P2. The third-order valence-corrected chi connectivity index (χ3v) is 5.34. The van der Waals surface area contributed by atoms with Crippen LogP contribution in [0, 0.1) is 0 Å². The minimum atomic E-state index is -5.10. The van der Waals surface area contributed by atoms with E-state index < -0.39 is 15.6 Å². The monoisotopic (exact) mass is 400 g/mol. The number of hydrogen-bond donors (Lipinski definition) is 3. The van der Waals surface area contributed by atoms with Crippen LogP contribution < -0.4 is 0 Å². The van der Waals surface area contributed by atoms with Crippen molar-refractivity contribution in [1.82, 2.24) is 0 Å². The molecule has 0 aromatic heterocycles. The van der Waals surface area contributed by atoms with E-state index in [1.807, 2.05) is 13.0 Å². The Kier molecular flexibility index (Phi) is 10.9. The van der Waals surface area contributed by atoms with Crippen LogP contribution in [0.1, 0.15) is 53.4 Å². The Labute approximate surface area is 148 Å². The van der Waals surface area contributed by atoms with E-state index in [1.165, 1.54) is 6.08 Å². The largest absolute Gasteiger partial charge is 0.481 e. The van der Waals surface area contributed by atoms with Gasteiger partial charge in [0.15, 0.2) is 0 Å². The van der Waals surface area contributed by atoms with Gasteiger partial charge in [0.25, 0.3) is 0 Å². The fraction of sp³-hybridized carbons (Fsp3) is 0.600. The highest BCUT2D eigenvalue weighted by Gasteiger charge is 2.31. The Morgan fingerprint density at radius 2 is 1.52 bits per heavy atom. The number of rotatable bonds is 11. The van der Waals surface area contributed by atoms with Crippen molar-refractivity contribution in [1.29, 1.82) is 0 Å². The molecule has 0 aromatic carbocycles. The Morgan fingerprint density at radius 3 is 2.04 bits per heavy atom. The standard InChI is InChI=1S/C15H27FO7P2/c1-12(2)15(16)9-8-13(3)6-5-7-14(4)10-11-22-25(20,21)23-24(17,18)19/h6,10H,5,7-9,11H2,1-4H3,(H,20,21)(H2,17,18,19)/b13-6+,14-10+. The number of halogens is 1. The summed E-state index contributed by atoms with van der Waals surface area (Å²) in [5.41, 5.74) is 2.64. The van der Waals surface area contributed by atoms with Gasteiger partial charge in [0, 0.05) is 6.42 Å². The zero-order valence-corrected chi connectivity index (χ0v) is 16.7. The maximum Gasteiger partial charge on any atom is 0.481 e. The fourth-order valence-electron chi connectivity index (χ4n) is 1.74. The molecule has 0 aliphatic rings. The maximum absolute atomic E-state index is 13.4. The molecule has 7 nitrogen and oxygen atoms in total. The minimum absolute atomic E-state index is 0.0908. The summed E-state index contributed by atoms with van der Waals surface area (Å²) in [6.45, 7) is 6.89. The van der Waals surface area contributed by atoms with Crippen LogP contribution in [0.4, 0.5) is 4.39 Å². The third-order valence-electron chi connectivity index (χ3n) is 3.19. The highest BCUT2D eigenvalue weighted by molar-refractivity contribution is 7.60. The van der Waals surface area contributed by atoms with E-state index in [-0.39, 0.29) is 12.4 Å². The van der Waals surface area contributed by atoms with Crippen LogP contribution in [0.3, 0.4) is 0 Å². The smallest absolute Gasteiger partial charge is 0.302 e. The second kappa shape index (κ2) is 11.2. The summed E-state index contributed by atoms with van der Waals surface area (Å²) in [6.07, 6.45) is 5.96. The Bertz CT molecular complexity index is 615. The maximum atomic E-state index is 13.4. The van der Waals surface area contributed by atoms with Gasteiger partial charge in [-0.3, -0.25) is 4.52 Å². The van der Waals surface area contributed by atoms with Gasteiger partial charge in [-0.1, -0.05) is 23.3 Å². The zero-order valence-electron chi connectivity index (χ0n) is 14.9. The van der Waals surface area contributed by atoms with Gasteiger partial charge >= 0.3 is 15.6 Å². The normalized spacial score (nSPS) is 15.8. The molecule has 0 aliphatic heterocycles. The SMILES string of the molecule is CC(C)=C(F)CC/C(C)=C/CC/C(C)=C/COP(=O)(O)OP(=O)(O)O. The number of phosphoric acid groups is 2. The average Bonchev–Trinajstić information content (AvgIpc) is 2.41. The van der Waals surface area contributed by atoms with Crippen LogP contribution in [0.2, 0.25) is 0 Å². The Hall–Kier alpha value is -0.590. The molecule has 0 amide bonds. The van der Waals surface area contributed by atoms with Crippen LogP contribution >= 0.6 is 15.6 Å². The third kappa shape index (κ3) is 14.3. The second-order valence-electron chi connectivity index (χ2n) is 5.88. The van der Waals surface area contributed by atoms with E-state index in [0.29, 0.717) is 24.8 Å². The highest BCUT2D eigenvalue weighted by Crippen LogP contribution is 2.57. The molecule has 10 heteroatoms. The van der Waals surface area contributed by atoms with Crippen molar-refractivity contribution in [2.45, 2.75) is 53.4 Å². The molecule has 0 aromatic rings. The molecule has 0 aliphatic carbocycles. The van der Waals surface area contributed by atoms with Gasteiger partial charge < -0.3 is 14.7 Å². The number of phosphoric ester groups is 1. The van der Waals surface area contributed by atoms with E-state index >= 15 is 0 Å². The Morgan fingerprint density at radius 1 is 0.960 bits per heavy atom. The van der Waals surface area contributed by atoms with Gasteiger partial charge in [-0.25, -0.2) is 13.5 Å². The van der Waals surface area contributed by atoms with E-state index in [4.69, 9.17) is 14.7 Å². The molecule has 0 rings (SSSR count). The lowest BCUT2D eigenvalue weighted by Gasteiger charge is -2.11. The quantitative estimate of drug-likeness (QED) is 0.333. The molecule has 0 saturated carbocycles. The summed E-state index contributed by atoms with van der Waals surface area (Å²) in [5, 5.41) is 0. The van der Waals surface area contributed by atoms with Crippen LogP contribution in [0.5, 0.6) is 0 Å². The summed E-state index contributed by atoms with van der Waals surface area (Å²) in [6, 6.07) is 0. The first-order chi connectivity index (χ1) is 11.3. The predicted octanol–water partition coefficient (Wildman–Crippen LogP) is 4.93. The van der Waals surface area contributed by atoms with E-state index in [0.717, 1.165) is 17.6 Å². The first-order valence-electron chi connectivity index (χ1n) is 7.70. The summed E-state index contributed by atoms with van der Waals surface area (Å²) in [4.78, 5) is 26.0. The van der Waals surface area contributed by atoms with Crippen LogP contribution in [-0.4, -0.2) is 21.3 Å². The van der Waals surface area contributed by atoms with Crippen LogP contribution in [-0.2, 0) is 18.0 Å². The fourth-order valence-corrected chi connectivity index (χ4v) is 3.27. The van der Waals surface area contributed by atoms with Crippen molar-refractivity contribution >= 4 is 15.6 Å². The van der Waals surface area contributed by atoms with Gasteiger partial charge in [-0.2, -0.15) is 4.31 Å². The molecule has 1 atom stereocenters. The molecule has 0 bridgehead atoms. The Balaban J connectivity index is 4.25. The number of allylic oxidation sites excluding steroid dienone is 5. The van der Waals surface area contributed by atoms with E-state index in [1.54, 1.807) is 20.8 Å². The van der Waals surface area contributed by atoms with Crippen molar-refractivity contribution in [3.05, 3.63) is 34.7 Å². The lowest BCUT2D eigenvalue weighted by Crippen LogP contribution is -1.94. The topological polar surface area (TPSA) is 113 Å². The molecule has 0 heterocycles. The van der Waals surface area contributed by atoms with Gasteiger partial charge in [-0.15, -0.1) is 0 Å². The van der Waals surface area contributed by atoms with Crippen molar-refractivity contribution in [3.63, 3.8) is 0 Å². The molecule has 0 radical (unpaired) electrons. The second-order valence-corrected chi connectivity index (χ2v) is 8.71. The lowest BCUT2D eigenvalue weighted by atomic mass is 10.1. The molecule has 146 valence electrons. The molecular weight excluding hydrogens is 373 g/mol. The van der Waals surface area contributed by atoms with Crippen molar-refractivity contribution < 1.29 is 37.0 Å². The molecule has 25 heavy (non-hydrogen) atoms. The first-order valence-corrected chi connectivity index (χ1v) is 10.7. The van der Waals surface area contributed by atoms with Crippen molar-refractivity contribution in [2.75, 3.05) is 6.61 Å². The van der Waals surface area contributed by atoms with E-state index in [9.17, 15) is 13.5 Å². The molecule has 0 spiro atoms. The van der Waals surface area contributed by atoms with Gasteiger partial charge in [0.2, 0.25) is 0 Å². The zero-order chi connectivity index (χ0) is 19.7. The minimum Gasteiger partial charge on any atom is -0.302 e. The summed E-state index contributed by atoms with van der Waals surface area (Å²) < 4.78 is 43.2. The van der Waals surface area contributed by atoms with E-state index in [2.05, 4.69) is 8.83 Å². The summed E-state index contributed by atoms with van der Waals surface area (Å²) in [5.74, 6) is -0.0908. The molecule has 0 saturated heterocycles. The summed E-state index contributed by atoms with van der Waals surface area (Å²) >= 11 is 0. The molecule has 1 unspecified atom stereocenters. The lowest BCUT2D eigenvalue weighted by molar-refractivity contribution is 0.191. The first kappa shape index (κ1) is 24.4. The van der Waals surface area contributed by atoms with Gasteiger partial charge in [-0.05, 0) is 52.5 Å². The number of hydrogen-bond acceptors (Lipinski definition) is 4. The van der Waals surface area contributed by atoms with Crippen LogP contribution in [0.15, 0.2) is 34.7 Å². The predicted molar refractivity (Wildman–Crippen MR) is 94.4 cm³/mol. The highest BCUT2D eigenvalue weighted by atomic mass is 31.3. The molecule has 3 N–H and O–H groups in total. The van der Waals surface area contributed by atoms with Gasteiger partial charge in [0.05, 0.1) is 12.4 Å². The van der Waals surface area contributed by atoms with Crippen molar-refractivity contribution in [3.8, 4) is 0 Å². The van der Waals surface area contributed by atoms with Crippen molar-refractivity contribution in [2.24, 2.45) is 0 Å². The average molecular weight is 400 g/mol.